The Bertz CT molecular complexity index is 608. The molecule has 1 N–H and O–H groups in total. The molecule has 0 unspecified atom stereocenters. The van der Waals surface area contributed by atoms with E-state index >= 15 is 0 Å². The Morgan fingerprint density at radius 2 is 2.14 bits per heavy atom. The van der Waals surface area contributed by atoms with Crippen LogP contribution in [0.5, 0.6) is 0 Å². The van der Waals surface area contributed by atoms with Crippen molar-refractivity contribution >= 4 is 5.82 Å². The van der Waals surface area contributed by atoms with Crippen LogP contribution in [0.15, 0.2) is 22.9 Å². The van der Waals surface area contributed by atoms with Gasteiger partial charge in [-0.25, -0.2) is 4.98 Å². The first-order chi connectivity index (χ1) is 10.2. The molecular weight excluding hydrogens is 272 g/mol. The second-order valence-electron chi connectivity index (χ2n) is 5.05. The molecule has 1 aliphatic rings. The summed E-state index contributed by atoms with van der Waals surface area (Å²) in [5.41, 5.74) is 0.788. The maximum absolute atomic E-state index is 5.57. The van der Waals surface area contributed by atoms with E-state index in [0.29, 0.717) is 37.3 Å². The molecule has 112 valence electrons. The molecule has 0 aromatic carbocycles. The molecule has 3 rings (SSSR count). The first-order valence-corrected chi connectivity index (χ1v) is 6.94. The lowest BCUT2D eigenvalue weighted by molar-refractivity contribution is -0.144. The van der Waals surface area contributed by atoms with Crippen LogP contribution in [0, 0.1) is 6.92 Å². The van der Waals surface area contributed by atoms with Crippen molar-refractivity contribution in [3.8, 4) is 11.5 Å². The standard InChI is InChI=1S/C14H18N4O3/c1-10-17-13(21-18-10)11-4-3-6-15-12(11)16-7-5-14(2)19-8-9-20-14/h3-4,6H,5,7-9H2,1-2H3,(H,15,16). The molecule has 1 fully saturated rings. The topological polar surface area (TPSA) is 82.3 Å². The quantitative estimate of drug-likeness (QED) is 0.901. The highest BCUT2D eigenvalue weighted by Gasteiger charge is 2.30. The SMILES string of the molecule is Cc1noc(-c2cccnc2NCCC2(C)OCCO2)n1. The molecule has 0 atom stereocenters. The van der Waals surface area contributed by atoms with Crippen molar-refractivity contribution < 1.29 is 14.0 Å². The van der Waals surface area contributed by atoms with E-state index in [-0.39, 0.29) is 0 Å². The smallest absolute Gasteiger partial charge is 0.261 e. The molecular formula is C14H18N4O3. The van der Waals surface area contributed by atoms with Crippen molar-refractivity contribution in [3.05, 3.63) is 24.2 Å². The minimum Gasteiger partial charge on any atom is -0.369 e. The maximum atomic E-state index is 5.57. The molecule has 0 amide bonds. The van der Waals surface area contributed by atoms with Crippen molar-refractivity contribution in [3.63, 3.8) is 0 Å². The predicted molar refractivity (Wildman–Crippen MR) is 75.7 cm³/mol. The molecule has 7 nitrogen and oxygen atoms in total. The van der Waals surface area contributed by atoms with Gasteiger partial charge in [0.05, 0.1) is 18.8 Å². The highest BCUT2D eigenvalue weighted by atomic mass is 16.7. The largest absolute Gasteiger partial charge is 0.369 e. The Hall–Kier alpha value is -1.99. The number of aromatic nitrogens is 3. The predicted octanol–water partition coefficient (Wildman–Crippen LogP) is 2.01. The van der Waals surface area contributed by atoms with E-state index < -0.39 is 5.79 Å². The van der Waals surface area contributed by atoms with Gasteiger partial charge in [0.1, 0.15) is 5.82 Å². The van der Waals surface area contributed by atoms with Gasteiger partial charge in [0, 0.05) is 19.2 Å². The summed E-state index contributed by atoms with van der Waals surface area (Å²) in [4.78, 5) is 8.56. The third-order valence-corrected chi connectivity index (χ3v) is 3.34. The van der Waals surface area contributed by atoms with Gasteiger partial charge in [-0.15, -0.1) is 0 Å². The fourth-order valence-electron chi connectivity index (χ4n) is 2.23. The normalized spacial score (nSPS) is 17.0. The first kappa shape index (κ1) is 14.0. The number of pyridine rings is 1. The molecule has 3 heterocycles. The lowest BCUT2D eigenvalue weighted by Crippen LogP contribution is -2.28. The van der Waals surface area contributed by atoms with Gasteiger partial charge in [-0.2, -0.15) is 4.98 Å². The minimum atomic E-state index is -0.511. The molecule has 1 aliphatic heterocycles. The minimum absolute atomic E-state index is 0.461. The summed E-state index contributed by atoms with van der Waals surface area (Å²) in [6.07, 6.45) is 2.45. The number of anilines is 1. The maximum Gasteiger partial charge on any atom is 0.261 e. The second kappa shape index (κ2) is 5.79. The van der Waals surface area contributed by atoms with E-state index in [1.54, 1.807) is 13.1 Å². The molecule has 7 heteroatoms. The fraction of sp³-hybridized carbons (Fsp3) is 0.500. The zero-order valence-electron chi connectivity index (χ0n) is 12.1. The number of nitrogens with zero attached hydrogens (tertiary/aromatic N) is 3. The Kier molecular flexibility index (Phi) is 3.85. The lowest BCUT2D eigenvalue weighted by atomic mass is 10.2. The summed E-state index contributed by atoms with van der Waals surface area (Å²) in [5, 5.41) is 7.08. The Balaban J connectivity index is 1.68. The Morgan fingerprint density at radius 3 is 2.86 bits per heavy atom. The Morgan fingerprint density at radius 1 is 1.33 bits per heavy atom. The highest BCUT2D eigenvalue weighted by Crippen LogP contribution is 2.26. The number of nitrogens with one attached hydrogen (secondary N) is 1. The average Bonchev–Trinajstić information content (AvgIpc) is 3.09. The van der Waals surface area contributed by atoms with E-state index in [0.717, 1.165) is 12.0 Å². The van der Waals surface area contributed by atoms with Gasteiger partial charge in [-0.3, -0.25) is 0 Å². The van der Waals surface area contributed by atoms with Crippen LogP contribution < -0.4 is 5.32 Å². The van der Waals surface area contributed by atoms with Crippen LogP contribution in [0.3, 0.4) is 0 Å². The van der Waals surface area contributed by atoms with Gasteiger partial charge in [0.15, 0.2) is 11.6 Å². The van der Waals surface area contributed by atoms with Crippen molar-refractivity contribution in [2.75, 3.05) is 25.1 Å². The number of hydrogen-bond acceptors (Lipinski definition) is 7. The Labute approximate surface area is 122 Å². The summed E-state index contributed by atoms with van der Waals surface area (Å²) in [6.45, 7) is 5.70. The third kappa shape index (κ3) is 3.20. The van der Waals surface area contributed by atoms with Crippen LogP contribution in [-0.2, 0) is 9.47 Å². The van der Waals surface area contributed by atoms with Crippen molar-refractivity contribution in [1.29, 1.82) is 0 Å². The van der Waals surface area contributed by atoms with Gasteiger partial charge in [-0.1, -0.05) is 5.16 Å². The highest BCUT2D eigenvalue weighted by molar-refractivity contribution is 5.68. The van der Waals surface area contributed by atoms with Crippen LogP contribution in [0.1, 0.15) is 19.2 Å². The van der Waals surface area contributed by atoms with Crippen LogP contribution in [-0.4, -0.2) is 40.7 Å². The molecule has 0 aliphatic carbocycles. The van der Waals surface area contributed by atoms with Crippen molar-refractivity contribution in [1.82, 2.24) is 15.1 Å². The fourth-order valence-corrected chi connectivity index (χ4v) is 2.23. The molecule has 2 aromatic rings. The van der Waals surface area contributed by atoms with Gasteiger partial charge in [-0.05, 0) is 26.0 Å². The lowest BCUT2D eigenvalue weighted by Gasteiger charge is -2.22. The van der Waals surface area contributed by atoms with Gasteiger partial charge in [0.2, 0.25) is 0 Å². The summed E-state index contributed by atoms with van der Waals surface area (Å²) in [6, 6.07) is 3.73. The molecule has 1 saturated heterocycles. The molecule has 0 radical (unpaired) electrons. The van der Waals surface area contributed by atoms with Crippen LogP contribution in [0.2, 0.25) is 0 Å². The number of aryl methyl sites for hydroxylation is 1. The van der Waals surface area contributed by atoms with E-state index in [2.05, 4.69) is 20.4 Å². The van der Waals surface area contributed by atoms with E-state index in [1.807, 2.05) is 19.1 Å². The zero-order chi connectivity index (χ0) is 14.7. The summed E-state index contributed by atoms with van der Waals surface area (Å²) in [5.74, 6) is 1.26. The van der Waals surface area contributed by atoms with E-state index in [9.17, 15) is 0 Å². The summed E-state index contributed by atoms with van der Waals surface area (Å²) in [7, 11) is 0. The van der Waals surface area contributed by atoms with Gasteiger partial charge in [0.25, 0.3) is 5.89 Å². The van der Waals surface area contributed by atoms with Crippen molar-refractivity contribution in [2.24, 2.45) is 0 Å². The molecule has 21 heavy (non-hydrogen) atoms. The van der Waals surface area contributed by atoms with Crippen LogP contribution in [0.4, 0.5) is 5.82 Å². The number of ether oxygens (including phenoxy) is 2. The number of rotatable bonds is 5. The zero-order valence-corrected chi connectivity index (χ0v) is 12.1. The van der Waals surface area contributed by atoms with Gasteiger partial charge >= 0.3 is 0 Å². The van der Waals surface area contributed by atoms with Crippen molar-refractivity contribution in [2.45, 2.75) is 26.1 Å². The van der Waals surface area contributed by atoms with Gasteiger partial charge < -0.3 is 19.3 Å². The molecule has 0 spiro atoms. The van der Waals surface area contributed by atoms with Crippen LogP contribution >= 0.6 is 0 Å². The molecule has 0 bridgehead atoms. The molecule has 0 saturated carbocycles. The van der Waals surface area contributed by atoms with E-state index in [4.69, 9.17) is 14.0 Å². The van der Waals surface area contributed by atoms with E-state index in [1.165, 1.54) is 0 Å². The monoisotopic (exact) mass is 290 g/mol. The third-order valence-electron chi connectivity index (χ3n) is 3.34. The summed E-state index contributed by atoms with van der Waals surface area (Å²) < 4.78 is 16.3. The molecule has 2 aromatic heterocycles. The van der Waals surface area contributed by atoms with Crippen LogP contribution in [0.25, 0.3) is 11.5 Å². The first-order valence-electron chi connectivity index (χ1n) is 6.94. The summed E-state index contributed by atoms with van der Waals surface area (Å²) >= 11 is 0. The average molecular weight is 290 g/mol. The second-order valence-corrected chi connectivity index (χ2v) is 5.05. The number of hydrogen-bond donors (Lipinski definition) is 1.